The lowest BCUT2D eigenvalue weighted by Crippen LogP contribution is -2.28. The molecule has 26 heavy (non-hydrogen) atoms. The lowest BCUT2D eigenvalue weighted by atomic mass is 10.1. The summed E-state index contributed by atoms with van der Waals surface area (Å²) in [6, 6.07) is 12.8. The molecule has 0 unspecified atom stereocenters. The van der Waals surface area contributed by atoms with Crippen LogP contribution in [0.25, 0.3) is 0 Å². The summed E-state index contributed by atoms with van der Waals surface area (Å²) in [5.74, 6) is -1.56. The number of benzene rings is 2. The van der Waals surface area contributed by atoms with Crippen molar-refractivity contribution in [3.05, 3.63) is 54.1 Å². The highest BCUT2D eigenvalue weighted by molar-refractivity contribution is 6.03. The molecule has 0 saturated carbocycles. The number of carboxylic acid groups (broad SMARTS) is 1. The summed E-state index contributed by atoms with van der Waals surface area (Å²) >= 11 is 0. The maximum atomic E-state index is 12.4. The fraction of sp³-hybridized carbons (Fsp3) is 0.211. The molecule has 7 nitrogen and oxygen atoms in total. The van der Waals surface area contributed by atoms with Crippen LogP contribution in [0.2, 0.25) is 0 Å². The zero-order valence-electron chi connectivity index (χ0n) is 14.1. The molecule has 0 aromatic heterocycles. The van der Waals surface area contributed by atoms with Crippen LogP contribution in [0.3, 0.4) is 0 Å². The fourth-order valence-corrected chi connectivity index (χ4v) is 2.85. The second kappa shape index (κ2) is 7.26. The Balaban J connectivity index is 1.67. The van der Waals surface area contributed by atoms with Crippen molar-refractivity contribution in [3.8, 4) is 5.75 Å². The van der Waals surface area contributed by atoms with Crippen LogP contribution < -0.4 is 20.1 Å². The van der Waals surface area contributed by atoms with E-state index < -0.39 is 11.9 Å². The third-order valence-electron chi connectivity index (χ3n) is 4.25. The number of carboxylic acids is 1. The predicted molar refractivity (Wildman–Crippen MR) is 92.9 cm³/mol. The lowest BCUT2D eigenvalue weighted by Gasteiger charge is -2.17. The molecule has 1 heterocycles. The van der Waals surface area contributed by atoms with Gasteiger partial charge >= 0.3 is 0 Å². The minimum absolute atomic E-state index is 0.0308. The summed E-state index contributed by atoms with van der Waals surface area (Å²) < 4.78 is 5.17. The zero-order chi connectivity index (χ0) is 18.7. The molecule has 0 bridgehead atoms. The van der Waals surface area contributed by atoms with E-state index in [1.165, 1.54) is 24.3 Å². The smallest absolute Gasteiger partial charge is 0.229 e. The standard InChI is InChI=1S/C19H18N2O5/c1-26-16-4-2-3-15(10-16)21-11-13(9-17(21)22)18(23)20-14-7-5-12(6-8-14)19(24)25/h2-8,10,13H,9,11H2,1H3,(H,20,23)(H,24,25)/p-1/t13-/m1/s1. The van der Waals surface area contributed by atoms with Gasteiger partial charge in [-0.3, -0.25) is 9.59 Å². The largest absolute Gasteiger partial charge is 0.545 e. The third-order valence-corrected chi connectivity index (χ3v) is 4.25. The molecule has 3 rings (SSSR count). The average Bonchev–Trinajstić information content (AvgIpc) is 3.04. The van der Waals surface area contributed by atoms with E-state index in [0.717, 1.165) is 0 Å². The van der Waals surface area contributed by atoms with Crippen molar-refractivity contribution in [2.75, 3.05) is 23.9 Å². The number of nitrogens with one attached hydrogen (secondary N) is 1. The Bertz CT molecular complexity index is 847. The Hall–Kier alpha value is -3.35. The molecule has 1 fully saturated rings. The van der Waals surface area contributed by atoms with Crippen LogP contribution in [0.4, 0.5) is 11.4 Å². The van der Waals surface area contributed by atoms with Gasteiger partial charge in [0.2, 0.25) is 11.8 Å². The van der Waals surface area contributed by atoms with E-state index in [0.29, 0.717) is 17.1 Å². The van der Waals surface area contributed by atoms with E-state index in [2.05, 4.69) is 5.32 Å². The molecular formula is C19H17N2O5-. The van der Waals surface area contributed by atoms with Crippen LogP contribution in [-0.4, -0.2) is 31.4 Å². The van der Waals surface area contributed by atoms with Gasteiger partial charge in [-0.25, -0.2) is 0 Å². The minimum Gasteiger partial charge on any atom is -0.545 e. The van der Waals surface area contributed by atoms with Crippen LogP contribution in [0.15, 0.2) is 48.5 Å². The number of rotatable bonds is 5. The topological polar surface area (TPSA) is 98.8 Å². The minimum atomic E-state index is -1.28. The Labute approximate surface area is 150 Å². The predicted octanol–water partition coefficient (Wildman–Crippen LogP) is 1.05. The monoisotopic (exact) mass is 353 g/mol. The Kier molecular flexibility index (Phi) is 4.88. The SMILES string of the molecule is COc1cccc(N2C[C@H](C(=O)Nc3ccc(C(=O)[O-])cc3)CC2=O)c1. The fourth-order valence-electron chi connectivity index (χ4n) is 2.85. The van der Waals surface area contributed by atoms with Crippen molar-refractivity contribution >= 4 is 29.2 Å². The number of nitrogens with zero attached hydrogens (tertiary/aromatic N) is 1. The number of anilines is 2. The van der Waals surface area contributed by atoms with Crippen molar-refractivity contribution in [2.24, 2.45) is 5.92 Å². The number of hydrogen-bond donors (Lipinski definition) is 1. The Morgan fingerprint density at radius 2 is 1.92 bits per heavy atom. The van der Waals surface area contributed by atoms with Crippen LogP contribution in [0.5, 0.6) is 5.75 Å². The van der Waals surface area contributed by atoms with Gasteiger partial charge in [0.15, 0.2) is 0 Å². The molecule has 2 aromatic carbocycles. The van der Waals surface area contributed by atoms with Crippen LogP contribution in [-0.2, 0) is 9.59 Å². The molecular weight excluding hydrogens is 336 g/mol. The van der Waals surface area contributed by atoms with Crippen LogP contribution in [0.1, 0.15) is 16.8 Å². The normalized spacial score (nSPS) is 16.4. The first kappa shape index (κ1) is 17.5. The van der Waals surface area contributed by atoms with Crippen molar-refractivity contribution in [1.29, 1.82) is 0 Å². The zero-order valence-corrected chi connectivity index (χ0v) is 14.1. The number of amides is 2. The molecule has 1 saturated heterocycles. The summed E-state index contributed by atoms with van der Waals surface area (Å²) in [6.45, 7) is 0.273. The molecule has 0 spiro atoms. The van der Waals surface area contributed by atoms with Gasteiger partial charge in [-0.15, -0.1) is 0 Å². The number of methoxy groups -OCH3 is 1. The number of carbonyl (C=O) groups is 3. The first-order chi connectivity index (χ1) is 12.5. The van der Waals surface area contributed by atoms with Gasteiger partial charge in [-0.05, 0) is 29.8 Å². The summed E-state index contributed by atoms with van der Waals surface area (Å²) in [6.07, 6.45) is 0.111. The van der Waals surface area contributed by atoms with Gasteiger partial charge in [-0.1, -0.05) is 18.2 Å². The molecule has 2 aromatic rings. The molecule has 1 aliphatic heterocycles. The molecule has 2 amide bonds. The van der Waals surface area contributed by atoms with E-state index in [1.807, 2.05) is 0 Å². The number of ether oxygens (including phenoxy) is 1. The van der Waals surface area contributed by atoms with Gasteiger partial charge in [0.05, 0.1) is 19.0 Å². The van der Waals surface area contributed by atoms with Gasteiger partial charge in [0.1, 0.15) is 5.75 Å². The van der Waals surface area contributed by atoms with Crippen molar-refractivity contribution in [1.82, 2.24) is 0 Å². The van der Waals surface area contributed by atoms with Gasteiger partial charge in [-0.2, -0.15) is 0 Å². The van der Waals surface area contributed by atoms with Gasteiger partial charge in [0, 0.05) is 30.4 Å². The van der Waals surface area contributed by atoms with E-state index in [-0.39, 0.29) is 30.3 Å². The maximum Gasteiger partial charge on any atom is 0.229 e. The van der Waals surface area contributed by atoms with E-state index in [9.17, 15) is 19.5 Å². The first-order valence-corrected chi connectivity index (χ1v) is 8.04. The summed E-state index contributed by atoms with van der Waals surface area (Å²) in [4.78, 5) is 37.0. The highest BCUT2D eigenvalue weighted by Gasteiger charge is 2.35. The summed E-state index contributed by atoms with van der Waals surface area (Å²) in [5.41, 5.74) is 1.18. The van der Waals surface area contributed by atoms with Crippen molar-refractivity contribution in [3.63, 3.8) is 0 Å². The average molecular weight is 353 g/mol. The molecule has 1 N–H and O–H groups in total. The third kappa shape index (κ3) is 3.66. The molecule has 0 aliphatic carbocycles. The highest BCUT2D eigenvalue weighted by Crippen LogP contribution is 2.28. The first-order valence-electron chi connectivity index (χ1n) is 8.04. The number of carbonyl (C=O) groups excluding carboxylic acids is 3. The summed E-state index contributed by atoms with van der Waals surface area (Å²) in [7, 11) is 1.55. The number of aromatic carboxylic acids is 1. The summed E-state index contributed by atoms with van der Waals surface area (Å²) in [5, 5.41) is 13.5. The molecule has 0 radical (unpaired) electrons. The Morgan fingerprint density at radius 1 is 1.19 bits per heavy atom. The molecule has 1 atom stereocenters. The lowest BCUT2D eigenvalue weighted by molar-refractivity contribution is -0.255. The van der Waals surface area contributed by atoms with Crippen molar-refractivity contribution < 1.29 is 24.2 Å². The highest BCUT2D eigenvalue weighted by atomic mass is 16.5. The maximum absolute atomic E-state index is 12.4. The molecule has 7 heteroatoms. The van der Waals surface area contributed by atoms with Gasteiger partial charge in [0.25, 0.3) is 0 Å². The van der Waals surface area contributed by atoms with E-state index in [4.69, 9.17) is 4.74 Å². The Morgan fingerprint density at radius 3 is 2.58 bits per heavy atom. The van der Waals surface area contributed by atoms with Crippen LogP contribution >= 0.6 is 0 Å². The second-order valence-corrected chi connectivity index (χ2v) is 5.96. The van der Waals surface area contributed by atoms with Crippen LogP contribution in [0, 0.1) is 5.92 Å². The number of hydrogen-bond acceptors (Lipinski definition) is 5. The van der Waals surface area contributed by atoms with E-state index in [1.54, 1.807) is 36.3 Å². The quantitative estimate of drug-likeness (QED) is 0.866. The molecule has 134 valence electrons. The second-order valence-electron chi connectivity index (χ2n) is 5.96. The van der Waals surface area contributed by atoms with E-state index >= 15 is 0 Å². The van der Waals surface area contributed by atoms with Crippen molar-refractivity contribution in [2.45, 2.75) is 6.42 Å². The van der Waals surface area contributed by atoms with Gasteiger partial charge < -0.3 is 24.9 Å². The molecule has 1 aliphatic rings.